The molecular formula is C62H106N18O25S. The van der Waals surface area contributed by atoms with Crippen LogP contribution in [0, 0.1) is 5.92 Å². The summed E-state index contributed by atoms with van der Waals surface area (Å²) >= 11 is 1.31. The quantitative estimate of drug-likeness (QED) is 0.0252. The topological polar surface area (TPSA) is 718 Å². The number of nitrogens with one attached hydrogen (secondary N) is 14. The molecule has 106 heavy (non-hydrogen) atoms. The van der Waals surface area contributed by atoms with E-state index in [-0.39, 0.29) is 51.6 Å². The third kappa shape index (κ3) is 39.3. The molecule has 0 aliphatic carbocycles. The number of rotatable bonds is 55. The van der Waals surface area contributed by atoms with Gasteiger partial charge in [0.15, 0.2) is 0 Å². The Hall–Kier alpha value is -9.92. The lowest BCUT2D eigenvalue weighted by Gasteiger charge is -2.27. The van der Waals surface area contributed by atoms with Crippen molar-refractivity contribution in [1.82, 2.24) is 74.4 Å². The van der Waals surface area contributed by atoms with Gasteiger partial charge in [-0.1, -0.05) is 13.8 Å². The van der Waals surface area contributed by atoms with Crippen LogP contribution in [0.25, 0.3) is 0 Å². The van der Waals surface area contributed by atoms with Crippen LogP contribution in [0.5, 0.6) is 0 Å². The molecule has 14 atom stereocenters. The molecule has 0 aliphatic heterocycles. The highest BCUT2D eigenvalue weighted by molar-refractivity contribution is 7.98. The number of primary amides is 1. The van der Waals surface area contributed by atoms with Crippen molar-refractivity contribution < 1.29 is 122 Å². The highest BCUT2D eigenvalue weighted by Crippen LogP contribution is 2.11. The molecule has 0 spiro atoms. The molecule has 0 aromatic heterocycles. The zero-order valence-corrected chi connectivity index (χ0v) is 61.0. The molecule has 0 saturated heterocycles. The Balaban J connectivity index is 6.34. The number of aliphatic hydroxyl groups excluding tert-OH is 2. The Kier molecular flexibility index (Phi) is 46.5. The van der Waals surface area contributed by atoms with Crippen LogP contribution in [0.15, 0.2) is 0 Å². The third-order valence-corrected chi connectivity index (χ3v) is 16.1. The molecule has 0 aliphatic rings. The maximum Gasteiger partial charge on any atom is 0.326 e. The molecule has 0 radical (unpaired) electrons. The second-order valence-electron chi connectivity index (χ2n) is 25.0. The van der Waals surface area contributed by atoms with Crippen molar-refractivity contribution in [2.75, 3.05) is 44.9 Å². The first kappa shape index (κ1) is 96.1. The van der Waals surface area contributed by atoms with Crippen molar-refractivity contribution >= 4 is 124 Å². The van der Waals surface area contributed by atoms with Gasteiger partial charge in [-0.2, -0.15) is 11.8 Å². The Morgan fingerprint density at radius 1 is 0.358 bits per heavy atom. The smallest absolute Gasteiger partial charge is 0.326 e. The molecule has 0 heterocycles. The van der Waals surface area contributed by atoms with Crippen LogP contribution in [-0.2, 0) is 91.1 Å². The van der Waals surface area contributed by atoms with Gasteiger partial charge >= 0.3 is 23.9 Å². The summed E-state index contributed by atoms with van der Waals surface area (Å²) in [6, 6.07) is -22.0. The molecule has 600 valence electrons. The number of hydrogen-bond donors (Lipinski definition) is 24. The zero-order valence-electron chi connectivity index (χ0n) is 60.2. The van der Waals surface area contributed by atoms with Gasteiger partial charge in [0.05, 0.1) is 26.2 Å². The summed E-state index contributed by atoms with van der Waals surface area (Å²) in [6.45, 7) is 5.44. The Bertz CT molecular complexity index is 3040. The summed E-state index contributed by atoms with van der Waals surface area (Å²) in [7, 11) is 0. The molecule has 0 rings (SSSR count). The minimum atomic E-state index is -1.98. The van der Waals surface area contributed by atoms with Crippen LogP contribution in [0.3, 0.4) is 0 Å². The molecule has 0 unspecified atom stereocenters. The number of carboxylic acids is 4. The average Bonchev–Trinajstić information content (AvgIpc) is 0.869. The van der Waals surface area contributed by atoms with Gasteiger partial charge in [-0.3, -0.25) is 86.3 Å². The number of hydrogen-bond acceptors (Lipinski definition) is 25. The van der Waals surface area contributed by atoms with Crippen LogP contribution < -0.4 is 97.4 Å². The first-order valence-corrected chi connectivity index (χ1v) is 35.3. The van der Waals surface area contributed by atoms with E-state index in [1.54, 1.807) is 20.1 Å². The van der Waals surface area contributed by atoms with Gasteiger partial charge in [0, 0.05) is 19.3 Å². The number of thioether (sulfide) groups is 1. The molecule has 0 saturated carbocycles. The normalized spacial score (nSPS) is 15.0. The van der Waals surface area contributed by atoms with Crippen molar-refractivity contribution in [1.29, 1.82) is 0 Å². The molecule has 0 fully saturated rings. The van der Waals surface area contributed by atoms with Crippen LogP contribution in [0.2, 0.25) is 0 Å². The van der Waals surface area contributed by atoms with E-state index in [0.717, 1.165) is 20.8 Å². The van der Waals surface area contributed by atoms with E-state index in [1.165, 1.54) is 18.7 Å². The molecule has 0 aromatic rings. The maximum absolute atomic E-state index is 14.0. The van der Waals surface area contributed by atoms with Gasteiger partial charge in [0.2, 0.25) is 88.6 Å². The standard InChI is InChI=1S/C62H106N18O25S/c1-29(2)24-41(79-61(103)43(28-82)80-52(94)33(6)70-56(98)37(14-17-44(66)83)75-58(100)39(20-23-106-7)74-53(95)34(65)27-81)60(102)76-38(15-18-46(85)86)57(99)69-32(5)51(93)78-42(25-48(89)90)59(101)71-30(3)49(91)73-35(12-8-10-21-63)54(96)67-26-45(84)72-36(13-9-11-22-64)55(97)68-31(4)50(92)77-40(62(104)105)16-19-47(87)88/h29-43,81-82H,8-28,63-65H2,1-7H3,(H2,66,83)(H,67,96)(H,68,97)(H,69,99)(H,70,98)(H,71,101)(H,72,84)(H,73,91)(H,74,95)(H,75,100)(H,76,102)(H,77,92)(H,78,93)(H,79,103)(H,80,94)(H,85,86)(H,87,88)(H,89,90)(H,104,105)/t30-,31-,32-,33-,34-,35-,36-,37-,38-,39-,40-,41-,42-,43-/m0/s1. The predicted molar refractivity (Wildman–Crippen MR) is 373 cm³/mol. The van der Waals surface area contributed by atoms with Gasteiger partial charge in [-0.05, 0) is 129 Å². The largest absolute Gasteiger partial charge is 0.481 e. The summed E-state index contributed by atoms with van der Waals surface area (Å²) in [5.41, 5.74) is 22.1. The first-order chi connectivity index (χ1) is 49.7. The summed E-state index contributed by atoms with van der Waals surface area (Å²) in [6.07, 6.45) is -1.78. The SMILES string of the molecule is CSCC[C@H](NC(=O)[C@@H](N)CO)C(=O)N[C@@H](CCC(N)=O)C(=O)N[C@@H](C)C(=O)N[C@@H](CO)C(=O)N[C@@H](CC(C)C)C(=O)N[C@@H](CCC(=O)O)C(=O)N[C@@H](C)C(=O)N[C@@H](CC(=O)O)C(=O)N[C@@H](C)C(=O)N[C@@H](CCCCN)C(=O)NCC(=O)N[C@@H](CCCCN)C(=O)N[C@@H](C)C(=O)N[C@@H](CCC(=O)O)C(=O)O. The molecule has 0 aromatic carbocycles. The van der Waals surface area contributed by atoms with E-state index >= 15 is 0 Å². The van der Waals surface area contributed by atoms with Gasteiger partial charge in [-0.25, -0.2) is 4.79 Å². The second kappa shape index (κ2) is 51.3. The van der Waals surface area contributed by atoms with Crippen LogP contribution in [0.4, 0.5) is 0 Å². The summed E-state index contributed by atoms with van der Waals surface area (Å²) in [5.74, 6) is -21.7. The predicted octanol–water partition coefficient (Wildman–Crippen LogP) is -9.59. The van der Waals surface area contributed by atoms with Crippen molar-refractivity contribution in [2.24, 2.45) is 28.9 Å². The van der Waals surface area contributed by atoms with E-state index < -0.39 is 268 Å². The van der Waals surface area contributed by atoms with Crippen molar-refractivity contribution in [3.63, 3.8) is 0 Å². The lowest BCUT2D eigenvalue weighted by Crippen LogP contribution is -2.61. The highest BCUT2D eigenvalue weighted by Gasteiger charge is 2.37. The molecular weight excluding hydrogens is 1430 g/mol. The Labute approximate surface area is 614 Å². The molecule has 0 bridgehead atoms. The molecule has 28 N–H and O–H groups in total. The maximum atomic E-state index is 14.0. The first-order valence-electron chi connectivity index (χ1n) is 33.9. The number of carbonyl (C=O) groups is 19. The fraction of sp³-hybridized carbons (Fsp3) is 0.694. The summed E-state index contributed by atoms with van der Waals surface area (Å²) in [4.78, 5) is 246. The third-order valence-electron chi connectivity index (χ3n) is 15.4. The number of nitrogens with two attached hydrogens (primary N) is 4. The minimum Gasteiger partial charge on any atom is -0.481 e. The van der Waals surface area contributed by atoms with E-state index in [2.05, 4.69) is 74.4 Å². The average molecular weight is 1540 g/mol. The van der Waals surface area contributed by atoms with E-state index in [1.807, 2.05) is 0 Å². The van der Waals surface area contributed by atoms with Crippen molar-refractivity contribution in [3.8, 4) is 0 Å². The fourth-order valence-corrected chi connectivity index (χ4v) is 9.82. The number of aliphatic hydroxyl groups is 2. The molecule has 43 nitrogen and oxygen atoms in total. The lowest BCUT2D eigenvalue weighted by atomic mass is 10.0. The van der Waals surface area contributed by atoms with Crippen molar-refractivity contribution in [3.05, 3.63) is 0 Å². The van der Waals surface area contributed by atoms with E-state index in [4.69, 9.17) is 28.0 Å². The van der Waals surface area contributed by atoms with Crippen LogP contribution >= 0.6 is 11.8 Å². The fourth-order valence-electron chi connectivity index (χ4n) is 9.35. The van der Waals surface area contributed by atoms with E-state index in [9.17, 15) is 117 Å². The minimum absolute atomic E-state index is 0.0262. The number of amides is 15. The summed E-state index contributed by atoms with van der Waals surface area (Å²) in [5, 5.41) is 89.4. The Morgan fingerprint density at radius 3 is 1.09 bits per heavy atom. The summed E-state index contributed by atoms with van der Waals surface area (Å²) < 4.78 is 0. The monoisotopic (exact) mass is 1530 g/mol. The molecule has 44 heteroatoms. The second-order valence-corrected chi connectivity index (χ2v) is 26.0. The van der Waals surface area contributed by atoms with Gasteiger partial charge in [0.25, 0.3) is 0 Å². The van der Waals surface area contributed by atoms with Crippen LogP contribution in [0.1, 0.15) is 138 Å². The van der Waals surface area contributed by atoms with E-state index in [0.29, 0.717) is 18.6 Å². The number of carbonyl (C=O) groups excluding carboxylic acids is 15. The number of aliphatic carboxylic acids is 4. The lowest BCUT2D eigenvalue weighted by molar-refractivity contribution is -0.143. The van der Waals surface area contributed by atoms with Gasteiger partial charge in [-0.15, -0.1) is 0 Å². The molecule has 15 amide bonds. The zero-order chi connectivity index (χ0) is 81.1. The number of carboxylic acid groups (broad SMARTS) is 4. The highest BCUT2D eigenvalue weighted by atomic mass is 32.2. The van der Waals surface area contributed by atoms with Gasteiger partial charge in [0.1, 0.15) is 84.6 Å². The van der Waals surface area contributed by atoms with Gasteiger partial charge < -0.3 is 128 Å². The van der Waals surface area contributed by atoms with Crippen molar-refractivity contribution in [2.45, 2.75) is 222 Å². The Morgan fingerprint density at radius 2 is 0.698 bits per heavy atom. The van der Waals surface area contributed by atoms with Crippen LogP contribution in [-0.4, -0.2) is 273 Å². The number of unbranched alkanes of at least 4 members (excludes halogenated alkanes) is 2.